The summed E-state index contributed by atoms with van der Waals surface area (Å²) in [5.41, 5.74) is 1.95. The topological polar surface area (TPSA) is 23.6 Å². The molecule has 2 aromatic carbocycles. The first-order valence-electron chi connectivity index (χ1n) is 7.25. The number of hydrogen-bond acceptors (Lipinski definition) is 3. The normalized spacial score (nSPS) is 23.5. The second-order valence-corrected chi connectivity index (χ2v) is 7.37. The van der Waals surface area contributed by atoms with Crippen molar-refractivity contribution in [2.45, 2.75) is 11.4 Å². The van der Waals surface area contributed by atoms with Gasteiger partial charge in [-0.05, 0) is 42.0 Å². The van der Waals surface area contributed by atoms with E-state index in [2.05, 4.69) is 4.90 Å². The SMILES string of the molecule is O=C1[C@@H]2CS[C@H](c3ccc(Cl)cc3)N2C(=S)N1c1ccccc1. The number of thiocarbonyl (C=S) groups is 1. The number of amides is 1. The van der Waals surface area contributed by atoms with E-state index in [4.69, 9.17) is 23.8 Å². The lowest BCUT2D eigenvalue weighted by molar-refractivity contribution is -0.119. The molecule has 3 nitrogen and oxygen atoms in total. The molecule has 2 aliphatic rings. The van der Waals surface area contributed by atoms with Crippen molar-refractivity contribution in [3.63, 3.8) is 0 Å². The first kappa shape index (κ1) is 15.0. The summed E-state index contributed by atoms with van der Waals surface area (Å²) in [6.07, 6.45) is 0. The standard InChI is InChI=1S/C17H13ClN2OS2/c18-12-8-6-11(7-9-12)16-20-14(10-23-16)15(21)19(17(20)22)13-4-2-1-3-5-13/h1-9,14,16H,10H2/t14-,16+/m0/s1. The number of hydrogen-bond donors (Lipinski definition) is 0. The number of halogens is 1. The van der Waals surface area contributed by atoms with E-state index in [9.17, 15) is 4.79 Å². The molecular weight excluding hydrogens is 348 g/mol. The molecule has 0 aromatic heterocycles. The van der Waals surface area contributed by atoms with Gasteiger partial charge in [-0.1, -0.05) is 41.9 Å². The predicted octanol–water partition coefficient (Wildman–Crippen LogP) is 4.09. The Kier molecular flexibility index (Phi) is 3.79. The minimum Gasteiger partial charge on any atom is -0.319 e. The van der Waals surface area contributed by atoms with Crippen molar-refractivity contribution in [1.82, 2.24) is 4.90 Å². The number of anilines is 1. The molecule has 2 atom stereocenters. The zero-order chi connectivity index (χ0) is 16.0. The molecule has 2 fully saturated rings. The fourth-order valence-electron chi connectivity index (χ4n) is 2.99. The lowest BCUT2D eigenvalue weighted by Gasteiger charge is -2.25. The van der Waals surface area contributed by atoms with Gasteiger partial charge in [-0.15, -0.1) is 11.8 Å². The van der Waals surface area contributed by atoms with E-state index in [0.29, 0.717) is 10.1 Å². The van der Waals surface area contributed by atoms with Gasteiger partial charge in [0.05, 0.1) is 5.69 Å². The van der Waals surface area contributed by atoms with Gasteiger partial charge in [-0.25, -0.2) is 0 Å². The van der Waals surface area contributed by atoms with E-state index in [-0.39, 0.29) is 17.3 Å². The maximum atomic E-state index is 12.8. The number of rotatable bonds is 2. The van der Waals surface area contributed by atoms with E-state index in [1.807, 2.05) is 54.6 Å². The van der Waals surface area contributed by atoms with Crippen molar-refractivity contribution in [2.75, 3.05) is 10.7 Å². The highest BCUT2D eigenvalue weighted by atomic mass is 35.5. The molecule has 2 saturated heterocycles. The Morgan fingerprint density at radius 2 is 1.78 bits per heavy atom. The molecule has 0 aliphatic carbocycles. The molecule has 6 heteroatoms. The van der Waals surface area contributed by atoms with Crippen LogP contribution in [0.15, 0.2) is 54.6 Å². The van der Waals surface area contributed by atoms with Crippen molar-refractivity contribution >= 4 is 52.3 Å². The minimum absolute atomic E-state index is 0.0578. The van der Waals surface area contributed by atoms with Crippen LogP contribution in [0, 0.1) is 0 Å². The maximum absolute atomic E-state index is 12.8. The summed E-state index contributed by atoms with van der Waals surface area (Å²) < 4.78 is 0. The molecule has 0 saturated carbocycles. The first-order valence-corrected chi connectivity index (χ1v) is 9.09. The van der Waals surface area contributed by atoms with Gasteiger partial charge in [-0.3, -0.25) is 9.69 Å². The smallest absolute Gasteiger partial charge is 0.257 e. The zero-order valence-electron chi connectivity index (χ0n) is 12.1. The summed E-state index contributed by atoms with van der Waals surface area (Å²) >= 11 is 13.4. The molecule has 2 aliphatic heterocycles. The lowest BCUT2D eigenvalue weighted by Crippen LogP contribution is -2.33. The van der Waals surface area contributed by atoms with Crippen LogP contribution in [0.5, 0.6) is 0 Å². The lowest BCUT2D eigenvalue weighted by atomic mass is 10.2. The van der Waals surface area contributed by atoms with Gasteiger partial charge in [0.2, 0.25) is 0 Å². The third-order valence-corrected chi connectivity index (χ3v) is 6.06. The monoisotopic (exact) mass is 360 g/mol. The highest BCUT2D eigenvalue weighted by Crippen LogP contribution is 2.46. The number of fused-ring (bicyclic) bond motifs is 1. The summed E-state index contributed by atoms with van der Waals surface area (Å²) in [5, 5.41) is 1.35. The maximum Gasteiger partial charge on any atom is 0.257 e. The molecule has 4 rings (SSSR count). The molecule has 1 amide bonds. The van der Waals surface area contributed by atoms with Crippen LogP contribution in [-0.4, -0.2) is 27.7 Å². The second kappa shape index (κ2) is 5.82. The van der Waals surface area contributed by atoms with E-state index in [1.165, 1.54) is 0 Å². The molecule has 0 bridgehead atoms. The van der Waals surface area contributed by atoms with Crippen LogP contribution in [0.1, 0.15) is 10.9 Å². The number of carbonyl (C=O) groups is 1. The molecule has 0 radical (unpaired) electrons. The summed E-state index contributed by atoms with van der Waals surface area (Å²) in [4.78, 5) is 16.5. The Morgan fingerprint density at radius 3 is 2.48 bits per heavy atom. The largest absolute Gasteiger partial charge is 0.319 e. The molecule has 23 heavy (non-hydrogen) atoms. The Labute approximate surface area is 149 Å². The Bertz CT molecular complexity index is 766. The molecule has 0 unspecified atom stereocenters. The van der Waals surface area contributed by atoms with E-state index in [1.54, 1.807) is 16.7 Å². The van der Waals surface area contributed by atoms with Gasteiger partial charge in [0.1, 0.15) is 11.4 Å². The Morgan fingerprint density at radius 1 is 1.09 bits per heavy atom. The quantitative estimate of drug-likeness (QED) is 0.753. The molecule has 2 heterocycles. The minimum atomic E-state index is -0.187. The summed E-state index contributed by atoms with van der Waals surface area (Å²) in [5.74, 6) is 0.806. The van der Waals surface area contributed by atoms with E-state index in [0.717, 1.165) is 17.0 Å². The number of thioether (sulfide) groups is 1. The van der Waals surface area contributed by atoms with E-state index >= 15 is 0 Å². The van der Waals surface area contributed by atoms with Crippen molar-refractivity contribution in [3.8, 4) is 0 Å². The summed E-state index contributed by atoms with van der Waals surface area (Å²) in [6, 6.07) is 17.2. The number of carbonyl (C=O) groups excluding carboxylic acids is 1. The van der Waals surface area contributed by atoms with Crippen LogP contribution in [-0.2, 0) is 4.79 Å². The Balaban J connectivity index is 1.68. The fourth-order valence-corrected chi connectivity index (χ4v) is 5.03. The van der Waals surface area contributed by atoms with E-state index < -0.39 is 0 Å². The van der Waals surface area contributed by atoms with Crippen LogP contribution in [0.2, 0.25) is 5.02 Å². The van der Waals surface area contributed by atoms with Crippen LogP contribution < -0.4 is 4.90 Å². The average molecular weight is 361 g/mol. The molecule has 2 aromatic rings. The highest BCUT2D eigenvalue weighted by Gasteiger charge is 2.50. The first-order chi connectivity index (χ1) is 11.2. The number of nitrogens with zero attached hydrogens (tertiary/aromatic N) is 2. The highest BCUT2D eigenvalue weighted by molar-refractivity contribution is 7.99. The van der Waals surface area contributed by atoms with Gasteiger partial charge in [0.25, 0.3) is 5.91 Å². The summed E-state index contributed by atoms with van der Waals surface area (Å²) in [7, 11) is 0. The molecule has 0 spiro atoms. The van der Waals surface area contributed by atoms with Gasteiger partial charge in [-0.2, -0.15) is 0 Å². The third-order valence-electron chi connectivity index (χ3n) is 4.09. The number of benzene rings is 2. The average Bonchev–Trinajstić information content (AvgIpc) is 3.10. The Hall–Kier alpha value is -1.56. The van der Waals surface area contributed by atoms with Crippen molar-refractivity contribution in [3.05, 3.63) is 65.2 Å². The van der Waals surface area contributed by atoms with Crippen molar-refractivity contribution in [1.29, 1.82) is 0 Å². The summed E-state index contributed by atoms with van der Waals surface area (Å²) in [6.45, 7) is 0. The van der Waals surface area contributed by atoms with Gasteiger partial charge in [0.15, 0.2) is 5.11 Å². The van der Waals surface area contributed by atoms with Crippen molar-refractivity contribution < 1.29 is 4.79 Å². The van der Waals surface area contributed by atoms with Crippen LogP contribution in [0.3, 0.4) is 0 Å². The van der Waals surface area contributed by atoms with Gasteiger partial charge >= 0.3 is 0 Å². The van der Waals surface area contributed by atoms with Gasteiger partial charge < -0.3 is 4.90 Å². The zero-order valence-corrected chi connectivity index (χ0v) is 14.4. The fraction of sp³-hybridized carbons (Fsp3) is 0.176. The van der Waals surface area contributed by atoms with Crippen LogP contribution >= 0.6 is 35.6 Å². The molecule has 0 N–H and O–H groups in total. The predicted molar refractivity (Wildman–Crippen MR) is 98.8 cm³/mol. The molecular formula is C17H13ClN2OS2. The second-order valence-electron chi connectivity index (χ2n) is 5.45. The molecule has 116 valence electrons. The van der Waals surface area contributed by atoms with Crippen LogP contribution in [0.4, 0.5) is 5.69 Å². The number of para-hydroxylation sites is 1. The van der Waals surface area contributed by atoms with Crippen molar-refractivity contribution in [2.24, 2.45) is 0 Å². The van der Waals surface area contributed by atoms with Crippen LogP contribution in [0.25, 0.3) is 0 Å². The third kappa shape index (κ3) is 2.43. The van der Waals surface area contributed by atoms with Gasteiger partial charge in [0, 0.05) is 10.8 Å².